The van der Waals surface area contributed by atoms with E-state index in [2.05, 4.69) is 5.32 Å². The topological polar surface area (TPSA) is 72.2 Å². The molecule has 0 fully saturated rings. The van der Waals surface area contributed by atoms with Crippen molar-refractivity contribution in [2.75, 3.05) is 0 Å². The summed E-state index contributed by atoms with van der Waals surface area (Å²) in [6.45, 7) is 2.02. The third-order valence-electron chi connectivity index (χ3n) is 4.34. The van der Waals surface area contributed by atoms with Gasteiger partial charge in [0.1, 0.15) is 0 Å². The minimum atomic E-state index is -0.458. The molecule has 3 aromatic rings. The molecule has 0 aliphatic heterocycles. The fourth-order valence-corrected chi connectivity index (χ4v) is 2.87. The number of benzene rings is 3. The summed E-state index contributed by atoms with van der Waals surface area (Å²) >= 11 is 0. The van der Waals surface area contributed by atoms with E-state index in [1.165, 1.54) is 18.2 Å². The molecule has 3 rings (SSSR count). The Morgan fingerprint density at radius 2 is 1.64 bits per heavy atom. The van der Waals surface area contributed by atoms with Gasteiger partial charge in [0.05, 0.1) is 11.0 Å². The van der Waals surface area contributed by atoms with E-state index in [-0.39, 0.29) is 17.6 Å². The number of nitrogens with one attached hydrogen (secondary N) is 1. The average molecular weight is 372 g/mol. The van der Waals surface area contributed by atoms with Crippen molar-refractivity contribution in [2.45, 2.75) is 13.0 Å². The molecule has 0 bridgehead atoms. The molecule has 140 valence electrons. The highest BCUT2D eigenvalue weighted by Crippen LogP contribution is 2.22. The molecule has 0 spiro atoms. The number of hydrogen-bond acceptors (Lipinski definition) is 3. The Morgan fingerprint density at radius 1 is 0.964 bits per heavy atom. The van der Waals surface area contributed by atoms with Crippen molar-refractivity contribution < 1.29 is 9.72 Å². The van der Waals surface area contributed by atoms with Crippen LogP contribution in [0.2, 0.25) is 0 Å². The van der Waals surface area contributed by atoms with E-state index in [0.29, 0.717) is 5.56 Å². The lowest BCUT2D eigenvalue weighted by atomic mass is 9.98. The molecule has 0 aliphatic carbocycles. The van der Waals surface area contributed by atoms with E-state index in [1.54, 1.807) is 18.2 Å². The lowest BCUT2D eigenvalue weighted by molar-refractivity contribution is -0.384. The van der Waals surface area contributed by atoms with Gasteiger partial charge in [0.25, 0.3) is 5.69 Å². The van der Waals surface area contributed by atoms with Crippen LogP contribution < -0.4 is 5.32 Å². The van der Waals surface area contributed by atoms with Crippen molar-refractivity contribution in [3.8, 4) is 0 Å². The maximum absolute atomic E-state index is 12.5. The number of nitrogens with zero attached hydrogens (tertiary/aromatic N) is 1. The van der Waals surface area contributed by atoms with Crippen molar-refractivity contribution >= 4 is 17.7 Å². The summed E-state index contributed by atoms with van der Waals surface area (Å²) in [7, 11) is 0. The zero-order valence-corrected chi connectivity index (χ0v) is 15.4. The summed E-state index contributed by atoms with van der Waals surface area (Å²) in [4.78, 5) is 22.9. The largest absolute Gasteiger partial charge is 0.342 e. The summed E-state index contributed by atoms with van der Waals surface area (Å²) in [6, 6.07) is 23.6. The number of carbonyl (C=O) groups is 1. The molecule has 28 heavy (non-hydrogen) atoms. The van der Waals surface area contributed by atoms with E-state index >= 15 is 0 Å². The highest BCUT2D eigenvalue weighted by Gasteiger charge is 2.15. The van der Waals surface area contributed by atoms with Gasteiger partial charge in [-0.1, -0.05) is 72.3 Å². The summed E-state index contributed by atoms with van der Waals surface area (Å²) in [6.07, 6.45) is 2.96. The van der Waals surface area contributed by atoms with Gasteiger partial charge in [-0.2, -0.15) is 0 Å². The fourth-order valence-electron chi connectivity index (χ4n) is 2.87. The van der Waals surface area contributed by atoms with Gasteiger partial charge in [-0.15, -0.1) is 0 Å². The average Bonchev–Trinajstić information content (AvgIpc) is 2.72. The number of amides is 1. The molecule has 0 radical (unpaired) electrons. The molecule has 1 atom stereocenters. The van der Waals surface area contributed by atoms with Crippen molar-refractivity contribution in [2.24, 2.45) is 0 Å². The third-order valence-corrected chi connectivity index (χ3v) is 4.34. The lowest BCUT2D eigenvalue weighted by Gasteiger charge is -2.19. The van der Waals surface area contributed by atoms with Crippen molar-refractivity contribution in [1.82, 2.24) is 5.32 Å². The first-order chi connectivity index (χ1) is 13.5. The molecule has 5 nitrogen and oxygen atoms in total. The second kappa shape index (κ2) is 8.77. The summed E-state index contributed by atoms with van der Waals surface area (Å²) in [5.74, 6) is -0.277. The number of hydrogen-bond donors (Lipinski definition) is 1. The number of nitro benzene ring substituents is 1. The molecule has 1 amide bonds. The molecule has 0 unspecified atom stereocenters. The summed E-state index contributed by atoms with van der Waals surface area (Å²) in [5.41, 5.74) is 3.69. The van der Waals surface area contributed by atoms with E-state index < -0.39 is 4.92 Å². The molecular formula is C23H20N2O3. The zero-order valence-electron chi connectivity index (χ0n) is 15.4. The molecule has 3 aromatic carbocycles. The number of non-ortho nitro benzene ring substituents is 1. The smallest absolute Gasteiger partial charge is 0.270 e. The van der Waals surface area contributed by atoms with Gasteiger partial charge >= 0.3 is 0 Å². The predicted molar refractivity (Wildman–Crippen MR) is 110 cm³/mol. The van der Waals surface area contributed by atoms with Gasteiger partial charge in [-0.05, 0) is 29.7 Å². The predicted octanol–water partition coefficient (Wildman–Crippen LogP) is 4.82. The second-order valence-electron chi connectivity index (χ2n) is 6.45. The standard InChI is InChI=1S/C23H20N2O3/c1-17-10-13-20(14-11-17)23(19-7-3-2-4-8-19)24-22(26)15-12-18-6-5-9-21(16-18)25(27)28/h2-16,23H,1H3,(H,24,26)/b15-12+/t23-/m1/s1. The molecule has 0 aliphatic rings. The first kappa shape index (κ1) is 19.0. The Balaban J connectivity index is 1.80. The zero-order chi connectivity index (χ0) is 19.9. The lowest BCUT2D eigenvalue weighted by Crippen LogP contribution is -2.27. The van der Waals surface area contributed by atoms with Crippen LogP contribution >= 0.6 is 0 Å². The minimum Gasteiger partial charge on any atom is -0.342 e. The van der Waals surface area contributed by atoms with Crippen LogP contribution in [0, 0.1) is 17.0 Å². The molecule has 5 heteroatoms. The molecular weight excluding hydrogens is 352 g/mol. The quantitative estimate of drug-likeness (QED) is 0.383. The van der Waals surface area contributed by atoms with Crippen LogP contribution in [0.3, 0.4) is 0 Å². The second-order valence-corrected chi connectivity index (χ2v) is 6.45. The third kappa shape index (κ3) is 4.92. The molecule has 0 saturated heterocycles. The van der Waals surface area contributed by atoms with E-state index in [4.69, 9.17) is 0 Å². The molecule has 0 saturated carbocycles. The van der Waals surface area contributed by atoms with Crippen molar-refractivity contribution in [3.05, 3.63) is 117 Å². The monoisotopic (exact) mass is 372 g/mol. The fraction of sp³-hybridized carbons (Fsp3) is 0.0870. The Labute approximate surface area is 163 Å². The van der Waals surface area contributed by atoms with Crippen LogP contribution in [0.4, 0.5) is 5.69 Å². The minimum absolute atomic E-state index is 0.00984. The Morgan fingerprint density at radius 3 is 2.32 bits per heavy atom. The van der Waals surface area contributed by atoms with Gasteiger partial charge in [-0.3, -0.25) is 14.9 Å². The first-order valence-corrected chi connectivity index (χ1v) is 8.87. The highest BCUT2D eigenvalue weighted by molar-refractivity contribution is 5.92. The summed E-state index contributed by atoms with van der Waals surface area (Å²) in [5, 5.41) is 13.9. The Kier molecular flexibility index (Phi) is 5.97. The van der Waals surface area contributed by atoms with Crippen molar-refractivity contribution in [3.63, 3.8) is 0 Å². The Hall–Kier alpha value is -3.73. The van der Waals surface area contributed by atoms with E-state index in [9.17, 15) is 14.9 Å². The highest BCUT2D eigenvalue weighted by atomic mass is 16.6. The molecule has 1 N–H and O–H groups in total. The van der Waals surface area contributed by atoms with Gasteiger partial charge in [0.2, 0.25) is 5.91 Å². The Bertz CT molecular complexity index is 996. The van der Waals surface area contributed by atoms with Crippen LogP contribution in [-0.2, 0) is 4.79 Å². The van der Waals surface area contributed by atoms with Gasteiger partial charge < -0.3 is 5.32 Å². The molecule has 0 heterocycles. The SMILES string of the molecule is Cc1ccc([C@H](NC(=O)/C=C/c2cccc([N+](=O)[O-])c2)c2ccccc2)cc1. The number of rotatable bonds is 6. The van der Waals surface area contributed by atoms with Crippen LogP contribution in [0.25, 0.3) is 6.08 Å². The number of carbonyl (C=O) groups excluding carboxylic acids is 1. The van der Waals surface area contributed by atoms with Gasteiger partial charge in [0, 0.05) is 18.2 Å². The maximum Gasteiger partial charge on any atom is 0.270 e. The normalized spacial score (nSPS) is 11.9. The van der Waals surface area contributed by atoms with Gasteiger partial charge in [0.15, 0.2) is 0 Å². The van der Waals surface area contributed by atoms with E-state index in [0.717, 1.165) is 16.7 Å². The van der Waals surface area contributed by atoms with Crippen LogP contribution in [0.15, 0.2) is 84.9 Å². The van der Waals surface area contributed by atoms with Crippen LogP contribution in [0.1, 0.15) is 28.3 Å². The van der Waals surface area contributed by atoms with E-state index in [1.807, 2.05) is 61.5 Å². The maximum atomic E-state index is 12.5. The van der Waals surface area contributed by atoms with Crippen LogP contribution in [0.5, 0.6) is 0 Å². The number of aryl methyl sites for hydroxylation is 1. The summed E-state index contributed by atoms with van der Waals surface area (Å²) < 4.78 is 0. The van der Waals surface area contributed by atoms with Crippen LogP contribution in [-0.4, -0.2) is 10.8 Å². The first-order valence-electron chi connectivity index (χ1n) is 8.87. The van der Waals surface area contributed by atoms with Gasteiger partial charge in [-0.25, -0.2) is 0 Å². The number of nitro groups is 1. The molecule has 0 aromatic heterocycles. The van der Waals surface area contributed by atoms with Crippen molar-refractivity contribution in [1.29, 1.82) is 0 Å².